The van der Waals surface area contributed by atoms with Gasteiger partial charge in [0, 0.05) is 33.3 Å². The van der Waals surface area contributed by atoms with Gasteiger partial charge in [-0.15, -0.1) is 0 Å². The number of hydrogen-bond acceptors (Lipinski definition) is 2. The molecule has 0 unspecified atom stereocenters. The van der Waals surface area contributed by atoms with E-state index in [2.05, 4.69) is 195 Å². The van der Waals surface area contributed by atoms with Gasteiger partial charge in [-0.3, -0.25) is 0 Å². The molecule has 2 heteroatoms. The lowest BCUT2D eigenvalue weighted by molar-refractivity contribution is 0.490. The predicted molar refractivity (Wildman–Crippen MR) is 232 cm³/mol. The van der Waals surface area contributed by atoms with Crippen LogP contribution in [0.4, 0.5) is 11.4 Å². The van der Waals surface area contributed by atoms with E-state index < -0.39 is 0 Å². The summed E-state index contributed by atoms with van der Waals surface area (Å²) in [7, 11) is 0. The van der Waals surface area contributed by atoms with Gasteiger partial charge in [0.15, 0.2) is 0 Å². The molecule has 2 nitrogen and oxygen atoms in total. The van der Waals surface area contributed by atoms with E-state index in [1.807, 2.05) is 0 Å². The van der Waals surface area contributed by atoms with Gasteiger partial charge < -0.3 is 9.32 Å². The van der Waals surface area contributed by atoms with Crippen molar-refractivity contribution < 1.29 is 4.42 Å². The Labute approximate surface area is 323 Å². The van der Waals surface area contributed by atoms with E-state index in [1.54, 1.807) is 0 Å². The van der Waals surface area contributed by atoms with Crippen LogP contribution in [0.15, 0.2) is 186 Å². The van der Waals surface area contributed by atoms with Crippen molar-refractivity contribution in [2.45, 2.75) is 44.9 Å². The van der Waals surface area contributed by atoms with E-state index in [0.29, 0.717) is 0 Å². The van der Waals surface area contributed by atoms with Crippen molar-refractivity contribution in [3.8, 4) is 33.4 Å². The predicted octanol–water partition coefficient (Wildman–Crippen LogP) is 14.9. The molecule has 1 heterocycles. The van der Waals surface area contributed by atoms with Crippen LogP contribution in [0.2, 0.25) is 0 Å². The van der Waals surface area contributed by atoms with Crippen LogP contribution >= 0.6 is 0 Å². The molecule has 0 atom stereocenters. The Kier molecular flexibility index (Phi) is 8.14. The largest absolute Gasteiger partial charge is 0.456 e. The van der Waals surface area contributed by atoms with Gasteiger partial charge in [0.25, 0.3) is 0 Å². The summed E-state index contributed by atoms with van der Waals surface area (Å²) in [5, 5.41) is 2.41. The Balaban J connectivity index is 1.05. The minimum absolute atomic E-state index is 0.0475. The third-order valence-corrected chi connectivity index (χ3v) is 12.2. The van der Waals surface area contributed by atoms with Crippen molar-refractivity contribution in [3.05, 3.63) is 198 Å². The summed E-state index contributed by atoms with van der Waals surface area (Å²) in [5.74, 6) is 0. The Morgan fingerprint density at radius 1 is 0.509 bits per heavy atom. The van der Waals surface area contributed by atoms with Crippen LogP contribution in [-0.4, -0.2) is 0 Å². The normalized spacial score (nSPS) is 14.4. The second-order valence-electron chi connectivity index (χ2n) is 15.0. The highest BCUT2D eigenvalue weighted by molar-refractivity contribution is 6.07. The molecule has 10 rings (SSSR count). The number of rotatable bonds is 8. The third kappa shape index (κ3) is 5.55. The molecule has 0 radical (unpaired) electrons. The fourth-order valence-electron chi connectivity index (χ4n) is 9.30. The quantitative estimate of drug-likeness (QED) is 0.156. The topological polar surface area (TPSA) is 16.4 Å². The molecule has 266 valence electrons. The first-order chi connectivity index (χ1) is 27.1. The van der Waals surface area contributed by atoms with Crippen molar-refractivity contribution in [3.63, 3.8) is 0 Å². The first kappa shape index (κ1) is 33.2. The summed E-state index contributed by atoms with van der Waals surface area (Å²) in [4.78, 5) is 2.42. The Bertz CT molecular complexity index is 2660. The SMILES string of the molecule is CCC1(CC)c2cc(C3=CC(N(c4ccc(-c5ccccc5)cc4)c4ccc(-c5ccccc5)cc4)=CCC3)ccc2-c2cc3oc4ccccc4c3cc21. The number of allylic oxidation sites excluding steroid dienone is 3. The maximum Gasteiger partial charge on any atom is 0.136 e. The van der Waals surface area contributed by atoms with Crippen LogP contribution in [0.25, 0.3) is 60.9 Å². The number of fused-ring (bicyclic) bond motifs is 6. The van der Waals surface area contributed by atoms with Crippen molar-refractivity contribution in [2.75, 3.05) is 4.90 Å². The molecule has 0 bridgehead atoms. The van der Waals surface area contributed by atoms with E-state index in [0.717, 1.165) is 48.2 Å². The molecule has 7 aromatic carbocycles. The van der Waals surface area contributed by atoms with Gasteiger partial charge >= 0.3 is 0 Å². The minimum Gasteiger partial charge on any atom is -0.456 e. The van der Waals surface area contributed by atoms with Gasteiger partial charge in [0.1, 0.15) is 11.2 Å². The fourth-order valence-corrected chi connectivity index (χ4v) is 9.30. The molecule has 2 aliphatic rings. The van der Waals surface area contributed by atoms with E-state index in [1.165, 1.54) is 72.1 Å². The summed E-state index contributed by atoms with van der Waals surface area (Å²) in [5.41, 5.74) is 18.5. The molecule has 0 aliphatic heterocycles. The molecular weight excluding hydrogens is 667 g/mol. The summed E-state index contributed by atoms with van der Waals surface area (Å²) in [6, 6.07) is 59.7. The average Bonchev–Trinajstić information content (AvgIpc) is 3.76. The second-order valence-corrected chi connectivity index (χ2v) is 15.0. The van der Waals surface area contributed by atoms with Crippen molar-refractivity contribution in [2.24, 2.45) is 0 Å². The van der Waals surface area contributed by atoms with E-state index in [-0.39, 0.29) is 5.41 Å². The standard InChI is InChI=1S/C53H43NO/c1-3-53(4-2)49-33-41(26-31-45(49)47-35-52-48(34-50(47)53)46-20-11-12-21-51(46)55-52)40-18-13-19-44(32-40)54(42-27-22-38(23-28-42)36-14-7-5-8-15-36)43-29-24-39(25-30-43)37-16-9-6-10-17-37/h5-12,14-17,19-35H,3-4,13,18H2,1-2H3. The van der Waals surface area contributed by atoms with Gasteiger partial charge in [0.05, 0.1) is 0 Å². The molecular formula is C53H43NO. The second kappa shape index (κ2) is 13.5. The van der Waals surface area contributed by atoms with E-state index in [9.17, 15) is 0 Å². The molecule has 0 saturated carbocycles. The van der Waals surface area contributed by atoms with E-state index in [4.69, 9.17) is 4.42 Å². The van der Waals surface area contributed by atoms with Gasteiger partial charge in [-0.25, -0.2) is 0 Å². The fraction of sp³-hybridized carbons (Fsp3) is 0.132. The lowest BCUT2D eigenvalue weighted by Crippen LogP contribution is -2.23. The monoisotopic (exact) mass is 709 g/mol. The summed E-state index contributed by atoms with van der Waals surface area (Å²) in [6.45, 7) is 4.72. The highest BCUT2D eigenvalue weighted by Crippen LogP contribution is 2.55. The van der Waals surface area contributed by atoms with Crippen LogP contribution in [0.5, 0.6) is 0 Å². The molecule has 0 spiro atoms. The first-order valence-corrected chi connectivity index (χ1v) is 19.8. The zero-order chi connectivity index (χ0) is 36.9. The highest BCUT2D eigenvalue weighted by Gasteiger charge is 2.41. The number of anilines is 2. The maximum atomic E-state index is 6.39. The van der Waals surface area contributed by atoms with Crippen molar-refractivity contribution in [1.82, 2.24) is 0 Å². The Morgan fingerprint density at radius 2 is 1.07 bits per heavy atom. The van der Waals surface area contributed by atoms with Crippen LogP contribution in [0.3, 0.4) is 0 Å². The van der Waals surface area contributed by atoms with E-state index >= 15 is 0 Å². The number of benzene rings is 7. The average molecular weight is 710 g/mol. The van der Waals surface area contributed by atoms with Gasteiger partial charge in [-0.1, -0.05) is 135 Å². The van der Waals surface area contributed by atoms with Crippen molar-refractivity contribution >= 4 is 38.9 Å². The summed E-state index contributed by atoms with van der Waals surface area (Å²) in [6.07, 6.45) is 8.92. The number of hydrogen-bond donors (Lipinski definition) is 0. The van der Waals surface area contributed by atoms with Crippen LogP contribution in [-0.2, 0) is 5.41 Å². The molecule has 0 amide bonds. The highest BCUT2D eigenvalue weighted by atomic mass is 16.3. The Morgan fingerprint density at radius 3 is 1.71 bits per heavy atom. The zero-order valence-electron chi connectivity index (χ0n) is 31.4. The first-order valence-electron chi connectivity index (χ1n) is 19.8. The van der Waals surface area contributed by atoms with Crippen LogP contribution in [0, 0.1) is 0 Å². The molecule has 1 aromatic heterocycles. The van der Waals surface area contributed by atoms with Gasteiger partial charge in [0.2, 0.25) is 0 Å². The lowest BCUT2D eigenvalue weighted by Gasteiger charge is -2.31. The molecule has 0 fully saturated rings. The third-order valence-electron chi connectivity index (χ3n) is 12.2. The van der Waals surface area contributed by atoms with Crippen LogP contribution in [0.1, 0.15) is 56.2 Å². The lowest BCUT2D eigenvalue weighted by atomic mass is 9.73. The zero-order valence-corrected chi connectivity index (χ0v) is 31.4. The van der Waals surface area contributed by atoms with Gasteiger partial charge in [-0.05, 0) is 136 Å². The summed E-state index contributed by atoms with van der Waals surface area (Å²) >= 11 is 0. The Hall–Kier alpha value is -6.38. The van der Waals surface area contributed by atoms with Crippen molar-refractivity contribution in [1.29, 1.82) is 0 Å². The molecule has 0 saturated heterocycles. The number of nitrogens with zero attached hydrogens (tertiary/aromatic N) is 1. The van der Waals surface area contributed by atoms with Gasteiger partial charge in [-0.2, -0.15) is 0 Å². The molecule has 0 N–H and O–H groups in total. The number of furan rings is 1. The summed E-state index contributed by atoms with van der Waals surface area (Å²) < 4.78 is 6.39. The maximum absolute atomic E-state index is 6.39. The van der Waals surface area contributed by atoms with Crippen LogP contribution < -0.4 is 4.90 Å². The molecule has 55 heavy (non-hydrogen) atoms. The molecule has 8 aromatic rings. The molecule has 2 aliphatic carbocycles. The number of para-hydroxylation sites is 1. The minimum atomic E-state index is -0.0475. The smallest absolute Gasteiger partial charge is 0.136 e.